The van der Waals surface area contributed by atoms with Gasteiger partial charge in [-0.25, -0.2) is 4.98 Å². The lowest BCUT2D eigenvalue weighted by atomic mass is 10.0. The number of rotatable bonds is 3. The maximum absolute atomic E-state index is 6.01. The predicted octanol–water partition coefficient (Wildman–Crippen LogP) is 1.22. The van der Waals surface area contributed by atoms with Gasteiger partial charge in [0.15, 0.2) is 0 Å². The summed E-state index contributed by atoms with van der Waals surface area (Å²) >= 11 is 0. The summed E-state index contributed by atoms with van der Waals surface area (Å²) < 4.78 is 2.38. The van der Waals surface area contributed by atoms with Crippen LogP contribution in [0, 0.1) is 0 Å². The summed E-state index contributed by atoms with van der Waals surface area (Å²) in [5.41, 5.74) is 6.01. The fourth-order valence-electron chi connectivity index (χ4n) is 3.69. The van der Waals surface area contributed by atoms with E-state index in [4.69, 9.17) is 5.73 Å². The van der Waals surface area contributed by atoms with Gasteiger partial charge in [-0.3, -0.25) is 4.90 Å². The fraction of sp³-hybridized carbons (Fsp3) is 0.800. The van der Waals surface area contributed by atoms with Gasteiger partial charge in [0.1, 0.15) is 0 Å². The molecule has 1 aromatic heterocycles. The van der Waals surface area contributed by atoms with Crippen LogP contribution in [0.2, 0.25) is 0 Å². The van der Waals surface area contributed by atoms with E-state index >= 15 is 0 Å². The minimum atomic E-state index is 0.428. The topological polar surface area (TPSA) is 50.3 Å². The SMILES string of the molecule is NC1CCN(C2CCN(c3nccn3C3CC3)C2)CC1. The highest BCUT2D eigenvalue weighted by atomic mass is 15.4. The van der Waals surface area contributed by atoms with E-state index in [1.807, 2.05) is 6.20 Å². The molecule has 110 valence electrons. The van der Waals surface area contributed by atoms with Gasteiger partial charge in [0.05, 0.1) is 0 Å². The molecule has 1 saturated carbocycles. The number of piperidine rings is 1. The number of hydrogen-bond donors (Lipinski definition) is 1. The molecule has 2 aliphatic heterocycles. The summed E-state index contributed by atoms with van der Waals surface area (Å²) in [5, 5.41) is 0. The third-order valence-electron chi connectivity index (χ3n) is 5.13. The average molecular weight is 275 g/mol. The van der Waals surface area contributed by atoms with Gasteiger partial charge < -0.3 is 15.2 Å². The average Bonchev–Trinajstić information content (AvgIpc) is 3.01. The highest BCUT2D eigenvalue weighted by molar-refractivity contribution is 5.35. The Labute approximate surface area is 120 Å². The first kappa shape index (κ1) is 12.7. The van der Waals surface area contributed by atoms with Crippen LogP contribution in [0.4, 0.5) is 5.95 Å². The van der Waals surface area contributed by atoms with Gasteiger partial charge in [0.2, 0.25) is 5.95 Å². The van der Waals surface area contributed by atoms with Crippen molar-refractivity contribution in [1.29, 1.82) is 0 Å². The van der Waals surface area contributed by atoms with E-state index in [-0.39, 0.29) is 0 Å². The quantitative estimate of drug-likeness (QED) is 0.901. The van der Waals surface area contributed by atoms with Gasteiger partial charge in [0, 0.05) is 43.6 Å². The van der Waals surface area contributed by atoms with Crippen molar-refractivity contribution >= 4 is 5.95 Å². The van der Waals surface area contributed by atoms with Crippen LogP contribution in [-0.4, -0.2) is 52.7 Å². The summed E-state index contributed by atoms with van der Waals surface area (Å²) in [4.78, 5) is 9.73. The Morgan fingerprint density at radius 1 is 1.00 bits per heavy atom. The van der Waals surface area contributed by atoms with Crippen molar-refractivity contribution in [3.05, 3.63) is 12.4 Å². The van der Waals surface area contributed by atoms with E-state index in [9.17, 15) is 0 Å². The Balaban J connectivity index is 1.41. The number of hydrogen-bond acceptors (Lipinski definition) is 4. The molecule has 5 heteroatoms. The summed E-state index contributed by atoms with van der Waals surface area (Å²) in [5.74, 6) is 1.20. The molecule has 1 aromatic rings. The molecule has 1 atom stereocenters. The zero-order valence-corrected chi connectivity index (χ0v) is 12.1. The second kappa shape index (κ2) is 5.04. The van der Waals surface area contributed by atoms with Gasteiger partial charge in [-0.2, -0.15) is 0 Å². The molecule has 1 unspecified atom stereocenters. The number of aromatic nitrogens is 2. The minimum Gasteiger partial charge on any atom is -0.341 e. The molecule has 20 heavy (non-hydrogen) atoms. The molecule has 3 heterocycles. The Kier molecular flexibility index (Phi) is 3.19. The monoisotopic (exact) mass is 275 g/mol. The molecule has 0 amide bonds. The first-order chi connectivity index (χ1) is 9.81. The van der Waals surface area contributed by atoms with Crippen LogP contribution in [0.25, 0.3) is 0 Å². The summed E-state index contributed by atoms with van der Waals surface area (Å²) in [6, 6.07) is 1.85. The number of nitrogens with two attached hydrogens (primary N) is 1. The highest BCUT2D eigenvalue weighted by Gasteiger charge is 2.33. The van der Waals surface area contributed by atoms with Crippen molar-refractivity contribution in [2.45, 2.75) is 50.2 Å². The number of imidazole rings is 1. The van der Waals surface area contributed by atoms with E-state index in [0.29, 0.717) is 12.1 Å². The zero-order chi connectivity index (χ0) is 13.5. The van der Waals surface area contributed by atoms with Crippen LogP contribution in [0.3, 0.4) is 0 Å². The van der Waals surface area contributed by atoms with Gasteiger partial charge in [0.25, 0.3) is 0 Å². The largest absolute Gasteiger partial charge is 0.341 e. The van der Waals surface area contributed by atoms with E-state index in [2.05, 4.69) is 25.5 Å². The number of anilines is 1. The lowest BCUT2D eigenvalue weighted by Crippen LogP contribution is -2.46. The third kappa shape index (κ3) is 2.33. The summed E-state index contributed by atoms with van der Waals surface area (Å²) in [7, 11) is 0. The molecule has 5 nitrogen and oxygen atoms in total. The smallest absolute Gasteiger partial charge is 0.205 e. The zero-order valence-electron chi connectivity index (χ0n) is 12.1. The summed E-state index contributed by atoms with van der Waals surface area (Å²) in [6.07, 6.45) is 10.4. The van der Waals surface area contributed by atoms with Gasteiger partial charge in [-0.1, -0.05) is 0 Å². The van der Waals surface area contributed by atoms with Gasteiger partial charge >= 0.3 is 0 Å². The fourth-order valence-corrected chi connectivity index (χ4v) is 3.69. The Hall–Kier alpha value is -1.07. The molecule has 2 saturated heterocycles. The lowest BCUT2D eigenvalue weighted by Gasteiger charge is -2.34. The number of likely N-dealkylation sites (tertiary alicyclic amines) is 1. The minimum absolute atomic E-state index is 0.428. The molecule has 0 spiro atoms. The first-order valence-electron chi connectivity index (χ1n) is 8.08. The van der Waals surface area contributed by atoms with E-state index in [0.717, 1.165) is 32.0 Å². The molecule has 0 aromatic carbocycles. The second-order valence-corrected chi connectivity index (χ2v) is 6.63. The van der Waals surface area contributed by atoms with Gasteiger partial charge in [-0.05, 0) is 45.2 Å². The second-order valence-electron chi connectivity index (χ2n) is 6.63. The molecular formula is C15H25N5. The third-order valence-corrected chi connectivity index (χ3v) is 5.13. The van der Waals surface area contributed by atoms with Crippen LogP contribution in [0.1, 0.15) is 38.1 Å². The lowest BCUT2D eigenvalue weighted by molar-refractivity contribution is 0.163. The first-order valence-corrected chi connectivity index (χ1v) is 8.08. The molecule has 4 rings (SSSR count). The van der Waals surface area contributed by atoms with Gasteiger partial charge in [-0.15, -0.1) is 0 Å². The Morgan fingerprint density at radius 3 is 2.55 bits per heavy atom. The maximum atomic E-state index is 6.01. The van der Waals surface area contributed by atoms with Crippen LogP contribution >= 0.6 is 0 Å². The van der Waals surface area contributed by atoms with Crippen LogP contribution in [0.15, 0.2) is 12.4 Å². The molecule has 3 aliphatic rings. The molecule has 3 fully saturated rings. The van der Waals surface area contributed by atoms with Crippen molar-refractivity contribution in [3.8, 4) is 0 Å². The maximum Gasteiger partial charge on any atom is 0.205 e. The normalized spacial score (nSPS) is 29.2. The van der Waals surface area contributed by atoms with Crippen LogP contribution in [0.5, 0.6) is 0 Å². The van der Waals surface area contributed by atoms with Crippen molar-refractivity contribution < 1.29 is 0 Å². The van der Waals surface area contributed by atoms with E-state index in [1.165, 1.54) is 38.3 Å². The highest BCUT2D eigenvalue weighted by Crippen LogP contribution is 2.38. The van der Waals surface area contributed by atoms with Crippen molar-refractivity contribution in [2.24, 2.45) is 5.73 Å². The Morgan fingerprint density at radius 2 is 1.80 bits per heavy atom. The van der Waals surface area contributed by atoms with Crippen molar-refractivity contribution in [3.63, 3.8) is 0 Å². The molecule has 0 bridgehead atoms. The number of nitrogens with zero attached hydrogens (tertiary/aromatic N) is 4. The van der Waals surface area contributed by atoms with Crippen molar-refractivity contribution in [1.82, 2.24) is 14.5 Å². The molecule has 2 N–H and O–H groups in total. The molecular weight excluding hydrogens is 250 g/mol. The Bertz CT molecular complexity index is 459. The van der Waals surface area contributed by atoms with Crippen LogP contribution in [-0.2, 0) is 0 Å². The van der Waals surface area contributed by atoms with Crippen LogP contribution < -0.4 is 10.6 Å². The molecule has 0 radical (unpaired) electrons. The predicted molar refractivity (Wildman–Crippen MR) is 79.9 cm³/mol. The van der Waals surface area contributed by atoms with Crippen molar-refractivity contribution in [2.75, 3.05) is 31.1 Å². The standard InChI is InChI=1S/C15H25N5/c16-12-3-7-18(8-4-12)14-5-9-19(11-14)15-17-6-10-20(15)13-1-2-13/h6,10,12-14H,1-5,7-9,11,16H2. The van der Waals surface area contributed by atoms with E-state index in [1.54, 1.807) is 0 Å². The summed E-state index contributed by atoms with van der Waals surface area (Å²) in [6.45, 7) is 4.64. The molecule has 1 aliphatic carbocycles. The van der Waals surface area contributed by atoms with E-state index < -0.39 is 0 Å².